The van der Waals surface area contributed by atoms with Crippen LogP contribution in [0.5, 0.6) is 0 Å². The Kier molecular flexibility index (Phi) is 4.51. The van der Waals surface area contributed by atoms with E-state index in [1.54, 1.807) is 6.07 Å². The van der Waals surface area contributed by atoms with E-state index in [0.29, 0.717) is 15.1 Å². The van der Waals surface area contributed by atoms with Crippen LogP contribution in [0.25, 0.3) is 10.8 Å². The zero-order valence-electron chi connectivity index (χ0n) is 10.7. The molecule has 0 fully saturated rings. The largest absolute Gasteiger partial charge is 0.324 e. The van der Waals surface area contributed by atoms with Crippen LogP contribution >= 0.6 is 46.8 Å². The third-order valence-corrected chi connectivity index (χ3v) is 4.51. The van der Waals surface area contributed by atoms with Crippen molar-refractivity contribution in [3.63, 3.8) is 0 Å². The Bertz CT molecular complexity index is 784. The predicted molar refractivity (Wildman–Crippen MR) is 94.9 cm³/mol. The van der Waals surface area contributed by atoms with Gasteiger partial charge in [-0.2, -0.15) is 0 Å². The van der Waals surface area contributed by atoms with Gasteiger partial charge in [0.25, 0.3) is 0 Å². The summed E-state index contributed by atoms with van der Waals surface area (Å²) in [4.78, 5) is 0.927. The normalized spacial score (nSPS) is 10.8. The Morgan fingerprint density at radius 1 is 0.810 bits per heavy atom. The Labute approximate surface area is 142 Å². The number of nitrogens with one attached hydrogen (secondary N) is 1. The maximum atomic E-state index is 6.30. The summed E-state index contributed by atoms with van der Waals surface area (Å²) in [5.41, 5.74) is 0.885. The number of anilines is 1. The minimum atomic E-state index is 0.607. The second kappa shape index (κ2) is 6.37. The van der Waals surface area contributed by atoms with E-state index in [4.69, 9.17) is 34.8 Å². The summed E-state index contributed by atoms with van der Waals surface area (Å²) in [6, 6.07) is 17.4. The van der Waals surface area contributed by atoms with E-state index in [-0.39, 0.29) is 0 Å². The number of halogens is 3. The number of fused-ring (bicyclic) bond motifs is 1. The van der Waals surface area contributed by atoms with Gasteiger partial charge in [-0.05, 0) is 41.6 Å². The van der Waals surface area contributed by atoms with E-state index in [2.05, 4.69) is 10.8 Å². The highest BCUT2D eigenvalue weighted by Crippen LogP contribution is 2.35. The maximum Gasteiger partial charge on any atom is 0.0710 e. The third kappa shape index (κ3) is 3.41. The first-order valence-corrected chi connectivity index (χ1v) is 8.15. The summed E-state index contributed by atoms with van der Waals surface area (Å²) in [6.07, 6.45) is 0. The van der Waals surface area contributed by atoms with Gasteiger partial charge in [-0.25, -0.2) is 0 Å². The summed E-state index contributed by atoms with van der Waals surface area (Å²) < 4.78 is 3.29. The van der Waals surface area contributed by atoms with Crippen molar-refractivity contribution in [2.45, 2.75) is 4.90 Å². The van der Waals surface area contributed by atoms with E-state index < -0.39 is 0 Å². The molecular weight excluding hydrogens is 345 g/mol. The lowest BCUT2D eigenvalue weighted by Crippen LogP contribution is -1.90. The van der Waals surface area contributed by atoms with Crippen molar-refractivity contribution in [2.75, 3.05) is 4.72 Å². The molecule has 0 heterocycles. The summed E-state index contributed by atoms with van der Waals surface area (Å²) in [6.45, 7) is 0. The van der Waals surface area contributed by atoms with Crippen LogP contribution < -0.4 is 4.72 Å². The van der Waals surface area contributed by atoms with Crippen molar-refractivity contribution >= 4 is 63.2 Å². The third-order valence-electron chi connectivity index (χ3n) is 2.99. The van der Waals surface area contributed by atoms with E-state index in [1.165, 1.54) is 11.9 Å². The van der Waals surface area contributed by atoms with Crippen LogP contribution in [0.3, 0.4) is 0 Å². The second-order valence-electron chi connectivity index (χ2n) is 4.45. The first-order chi connectivity index (χ1) is 10.1. The topological polar surface area (TPSA) is 12.0 Å². The highest BCUT2D eigenvalue weighted by Gasteiger charge is 2.07. The molecule has 3 aromatic rings. The van der Waals surface area contributed by atoms with Crippen LogP contribution in [0.4, 0.5) is 5.69 Å². The molecule has 0 bridgehead atoms. The minimum absolute atomic E-state index is 0.607. The molecule has 0 atom stereocenters. The van der Waals surface area contributed by atoms with Gasteiger partial charge in [-0.1, -0.05) is 65.1 Å². The van der Waals surface area contributed by atoms with Gasteiger partial charge in [-0.15, -0.1) is 0 Å². The van der Waals surface area contributed by atoms with E-state index in [1.807, 2.05) is 42.5 Å². The molecule has 0 aliphatic carbocycles. The van der Waals surface area contributed by atoms with Crippen molar-refractivity contribution < 1.29 is 0 Å². The van der Waals surface area contributed by atoms with Gasteiger partial charge in [0, 0.05) is 20.3 Å². The van der Waals surface area contributed by atoms with Crippen molar-refractivity contribution in [2.24, 2.45) is 0 Å². The van der Waals surface area contributed by atoms with Gasteiger partial charge < -0.3 is 4.72 Å². The molecule has 0 unspecified atom stereocenters. The zero-order chi connectivity index (χ0) is 14.8. The van der Waals surface area contributed by atoms with Crippen LogP contribution in [0.1, 0.15) is 0 Å². The summed E-state index contributed by atoms with van der Waals surface area (Å²) in [7, 11) is 0. The quantitative estimate of drug-likeness (QED) is 0.512. The molecule has 5 heteroatoms. The van der Waals surface area contributed by atoms with E-state index >= 15 is 0 Å². The Hall–Kier alpha value is -1.06. The lowest BCUT2D eigenvalue weighted by molar-refractivity contribution is 1.46. The molecule has 0 aliphatic rings. The van der Waals surface area contributed by atoms with Gasteiger partial charge >= 0.3 is 0 Å². The van der Waals surface area contributed by atoms with Crippen molar-refractivity contribution in [3.8, 4) is 0 Å². The lowest BCUT2D eigenvalue weighted by atomic mass is 10.1. The molecule has 0 saturated heterocycles. The molecule has 0 aliphatic heterocycles. The maximum absolute atomic E-state index is 6.30. The van der Waals surface area contributed by atoms with Crippen molar-refractivity contribution in [1.29, 1.82) is 0 Å². The summed E-state index contributed by atoms with van der Waals surface area (Å²) in [5.74, 6) is 0. The van der Waals surface area contributed by atoms with Crippen LogP contribution in [-0.4, -0.2) is 0 Å². The summed E-state index contributed by atoms with van der Waals surface area (Å²) in [5, 5.41) is 4.10. The van der Waals surface area contributed by atoms with Crippen molar-refractivity contribution in [3.05, 3.63) is 69.7 Å². The fourth-order valence-corrected chi connectivity index (χ4v) is 3.78. The zero-order valence-corrected chi connectivity index (χ0v) is 13.8. The molecular formula is C16H10Cl3NS. The number of benzene rings is 3. The number of hydrogen-bond donors (Lipinski definition) is 1. The average molecular weight is 355 g/mol. The van der Waals surface area contributed by atoms with Crippen molar-refractivity contribution in [1.82, 2.24) is 0 Å². The first-order valence-electron chi connectivity index (χ1n) is 6.20. The Morgan fingerprint density at radius 2 is 1.52 bits per heavy atom. The molecule has 0 saturated carbocycles. The summed E-state index contributed by atoms with van der Waals surface area (Å²) >= 11 is 19.7. The smallest absolute Gasteiger partial charge is 0.0710 e. The number of rotatable bonds is 3. The van der Waals surface area contributed by atoms with E-state index in [9.17, 15) is 0 Å². The molecule has 0 radical (unpaired) electrons. The minimum Gasteiger partial charge on any atom is -0.324 e. The fourth-order valence-electron chi connectivity index (χ4n) is 2.05. The Morgan fingerprint density at radius 3 is 2.29 bits per heavy atom. The molecule has 1 N–H and O–H groups in total. The molecule has 3 aromatic carbocycles. The van der Waals surface area contributed by atoms with Crippen LogP contribution in [-0.2, 0) is 0 Å². The average Bonchev–Trinajstić information content (AvgIpc) is 2.45. The monoisotopic (exact) mass is 353 g/mol. The lowest BCUT2D eigenvalue weighted by Gasteiger charge is -2.11. The first kappa shape index (κ1) is 14.9. The molecule has 0 spiro atoms. The van der Waals surface area contributed by atoms with Gasteiger partial charge in [0.15, 0.2) is 0 Å². The van der Waals surface area contributed by atoms with Gasteiger partial charge in [0.05, 0.1) is 10.7 Å². The van der Waals surface area contributed by atoms with Crippen LogP contribution in [0.15, 0.2) is 59.5 Å². The standard InChI is InChI=1S/C16H10Cl3NS/c17-11-7-12(18)9-13(8-11)21-20-16-14-4-2-1-3-10(14)5-6-15(16)19/h1-9,20H. The molecule has 21 heavy (non-hydrogen) atoms. The highest BCUT2D eigenvalue weighted by molar-refractivity contribution is 8.00. The molecule has 0 aromatic heterocycles. The highest BCUT2D eigenvalue weighted by atomic mass is 35.5. The van der Waals surface area contributed by atoms with Gasteiger partial charge in [-0.3, -0.25) is 0 Å². The van der Waals surface area contributed by atoms with Gasteiger partial charge in [0.2, 0.25) is 0 Å². The predicted octanol–water partition coefficient (Wildman–Crippen LogP) is 6.92. The molecule has 3 rings (SSSR count). The SMILES string of the molecule is Clc1cc(Cl)cc(SNc2c(Cl)ccc3ccccc23)c1. The van der Waals surface area contributed by atoms with Gasteiger partial charge in [0.1, 0.15) is 0 Å². The fraction of sp³-hybridized carbons (Fsp3) is 0. The second-order valence-corrected chi connectivity index (χ2v) is 6.61. The van der Waals surface area contributed by atoms with Crippen LogP contribution in [0.2, 0.25) is 15.1 Å². The molecule has 0 amide bonds. The van der Waals surface area contributed by atoms with E-state index in [0.717, 1.165) is 21.4 Å². The van der Waals surface area contributed by atoms with Crippen LogP contribution in [0, 0.1) is 0 Å². The number of hydrogen-bond acceptors (Lipinski definition) is 2. The molecule has 106 valence electrons. The molecule has 1 nitrogen and oxygen atoms in total. The Balaban J connectivity index is 1.93.